The van der Waals surface area contributed by atoms with Gasteiger partial charge < -0.3 is 15.2 Å². The molecule has 0 spiro atoms. The van der Waals surface area contributed by atoms with E-state index in [0.717, 1.165) is 26.1 Å². The third-order valence-electron chi connectivity index (χ3n) is 3.78. The Morgan fingerprint density at radius 2 is 2.16 bits per heavy atom. The van der Waals surface area contributed by atoms with Crippen LogP contribution < -0.4 is 5.32 Å². The first-order valence-electron chi connectivity index (χ1n) is 7.25. The zero-order chi connectivity index (χ0) is 14.3. The predicted molar refractivity (Wildman–Crippen MR) is 75.4 cm³/mol. The Balaban J connectivity index is 2.45. The molecule has 2 N–H and O–H groups in total. The summed E-state index contributed by atoms with van der Waals surface area (Å²) in [4.78, 5) is 13.8. The zero-order valence-electron chi connectivity index (χ0n) is 12.4. The average molecular weight is 272 g/mol. The van der Waals surface area contributed by atoms with Gasteiger partial charge in [0.1, 0.15) is 5.54 Å². The van der Waals surface area contributed by atoms with Crippen LogP contribution in [0.4, 0.5) is 0 Å². The Hall–Kier alpha value is -0.650. The summed E-state index contributed by atoms with van der Waals surface area (Å²) in [6, 6.07) is 0.638. The van der Waals surface area contributed by atoms with Crippen LogP contribution >= 0.6 is 0 Å². The van der Waals surface area contributed by atoms with Crippen LogP contribution in [0.25, 0.3) is 0 Å². The summed E-state index contributed by atoms with van der Waals surface area (Å²) in [5, 5.41) is 12.6. The molecule has 1 aliphatic rings. The first-order valence-corrected chi connectivity index (χ1v) is 7.25. The number of nitrogens with zero attached hydrogens (tertiary/aromatic N) is 1. The fourth-order valence-electron chi connectivity index (χ4n) is 2.16. The van der Waals surface area contributed by atoms with E-state index in [9.17, 15) is 9.90 Å². The molecule has 112 valence electrons. The van der Waals surface area contributed by atoms with E-state index in [2.05, 4.69) is 10.2 Å². The zero-order valence-corrected chi connectivity index (χ0v) is 12.4. The number of hydrogen-bond donors (Lipinski definition) is 2. The molecule has 0 aromatic carbocycles. The second kappa shape index (κ2) is 7.82. The second-order valence-corrected chi connectivity index (χ2v) is 5.57. The molecule has 0 radical (unpaired) electrons. The molecule has 0 bridgehead atoms. The number of carboxylic acid groups (broad SMARTS) is 1. The molecule has 0 aromatic rings. The standard InChI is InChI=1S/C14H28N2O3/c1-4-8-15-14(2,13(17)18)7-9-16(10-11-19-3)12-5-6-12/h12,15H,4-11H2,1-3H3,(H,17,18). The van der Waals surface area contributed by atoms with Crippen LogP contribution in [0, 0.1) is 0 Å². The first kappa shape index (κ1) is 16.4. The molecule has 5 heteroatoms. The molecule has 0 heterocycles. The van der Waals surface area contributed by atoms with E-state index in [0.29, 0.717) is 19.1 Å². The maximum absolute atomic E-state index is 11.4. The lowest BCUT2D eigenvalue weighted by Crippen LogP contribution is -2.52. The van der Waals surface area contributed by atoms with Crippen LogP contribution in [0.15, 0.2) is 0 Å². The topological polar surface area (TPSA) is 61.8 Å². The van der Waals surface area contributed by atoms with Gasteiger partial charge in [-0.2, -0.15) is 0 Å². The molecule has 0 saturated heterocycles. The lowest BCUT2D eigenvalue weighted by atomic mass is 9.97. The smallest absolute Gasteiger partial charge is 0.323 e. The molecule has 1 rings (SSSR count). The summed E-state index contributed by atoms with van der Waals surface area (Å²) in [7, 11) is 1.70. The van der Waals surface area contributed by atoms with Crippen LogP contribution in [-0.4, -0.2) is 60.9 Å². The molecule has 1 saturated carbocycles. The van der Waals surface area contributed by atoms with Gasteiger partial charge in [-0.15, -0.1) is 0 Å². The van der Waals surface area contributed by atoms with E-state index in [4.69, 9.17) is 4.74 Å². The molecule has 0 amide bonds. The highest BCUT2D eigenvalue weighted by Crippen LogP contribution is 2.27. The van der Waals surface area contributed by atoms with E-state index in [1.165, 1.54) is 12.8 Å². The number of carboxylic acids is 1. The van der Waals surface area contributed by atoms with Gasteiger partial charge in [0.05, 0.1) is 6.61 Å². The summed E-state index contributed by atoms with van der Waals surface area (Å²) >= 11 is 0. The van der Waals surface area contributed by atoms with E-state index < -0.39 is 11.5 Å². The van der Waals surface area contributed by atoms with E-state index >= 15 is 0 Å². The van der Waals surface area contributed by atoms with Crippen LogP contribution in [0.1, 0.15) is 39.5 Å². The van der Waals surface area contributed by atoms with E-state index in [1.54, 1.807) is 14.0 Å². The second-order valence-electron chi connectivity index (χ2n) is 5.57. The maximum Gasteiger partial charge on any atom is 0.323 e. The fourth-order valence-corrected chi connectivity index (χ4v) is 2.16. The minimum Gasteiger partial charge on any atom is -0.480 e. The van der Waals surface area contributed by atoms with Gasteiger partial charge in [-0.25, -0.2) is 0 Å². The van der Waals surface area contributed by atoms with Crippen LogP contribution in [-0.2, 0) is 9.53 Å². The van der Waals surface area contributed by atoms with Crippen LogP contribution in [0.5, 0.6) is 0 Å². The number of nitrogens with one attached hydrogen (secondary N) is 1. The summed E-state index contributed by atoms with van der Waals surface area (Å²) in [6.45, 7) is 6.99. The Morgan fingerprint density at radius 1 is 1.47 bits per heavy atom. The van der Waals surface area contributed by atoms with Crippen molar-refractivity contribution < 1.29 is 14.6 Å². The predicted octanol–water partition coefficient (Wildman–Crippen LogP) is 1.33. The molecule has 1 unspecified atom stereocenters. The highest BCUT2D eigenvalue weighted by Gasteiger charge is 2.35. The van der Waals surface area contributed by atoms with Gasteiger partial charge in [0, 0.05) is 26.2 Å². The summed E-state index contributed by atoms with van der Waals surface area (Å²) < 4.78 is 5.12. The van der Waals surface area contributed by atoms with Crippen molar-refractivity contribution in [2.75, 3.05) is 33.4 Å². The van der Waals surface area contributed by atoms with E-state index in [1.807, 2.05) is 6.92 Å². The molecule has 1 fully saturated rings. The van der Waals surface area contributed by atoms with Crippen LogP contribution in [0.3, 0.4) is 0 Å². The van der Waals surface area contributed by atoms with Crippen molar-refractivity contribution in [1.82, 2.24) is 10.2 Å². The molecular formula is C14H28N2O3. The minimum atomic E-state index is -0.823. The first-order chi connectivity index (χ1) is 9.03. The number of hydrogen-bond acceptors (Lipinski definition) is 4. The lowest BCUT2D eigenvalue weighted by molar-refractivity contribution is -0.144. The third-order valence-corrected chi connectivity index (χ3v) is 3.78. The van der Waals surface area contributed by atoms with Gasteiger partial charge in [0.2, 0.25) is 0 Å². The number of aliphatic carboxylic acids is 1. The quantitative estimate of drug-likeness (QED) is 0.594. The van der Waals surface area contributed by atoms with Gasteiger partial charge in [-0.3, -0.25) is 9.69 Å². The van der Waals surface area contributed by atoms with Gasteiger partial charge in [0.15, 0.2) is 0 Å². The normalized spacial score (nSPS) is 18.5. The van der Waals surface area contributed by atoms with E-state index in [-0.39, 0.29) is 0 Å². The van der Waals surface area contributed by atoms with Crippen molar-refractivity contribution in [1.29, 1.82) is 0 Å². The highest BCUT2D eigenvalue weighted by molar-refractivity contribution is 5.78. The largest absolute Gasteiger partial charge is 0.480 e. The maximum atomic E-state index is 11.4. The number of ether oxygens (including phenoxy) is 1. The molecular weight excluding hydrogens is 244 g/mol. The van der Waals surface area contributed by atoms with Gasteiger partial charge in [-0.05, 0) is 39.2 Å². The third kappa shape index (κ3) is 5.47. The SMILES string of the molecule is CCCNC(C)(CCN(CCOC)C1CC1)C(=O)O. The van der Waals surface area contributed by atoms with Crippen molar-refractivity contribution in [2.45, 2.75) is 51.1 Å². The molecule has 0 aromatic heterocycles. The Bertz CT molecular complexity index is 282. The molecule has 0 aliphatic heterocycles. The molecule has 19 heavy (non-hydrogen) atoms. The van der Waals surface area contributed by atoms with Crippen LogP contribution in [0.2, 0.25) is 0 Å². The molecule has 5 nitrogen and oxygen atoms in total. The minimum absolute atomic E-state index is 0.628. The number of rotatable bonds is 11. The Kier molecular flexibility index (Phi) is 6.75. The summed E-state index contributed by atoms with van der Waals surface area (Å²) in [5.74, 6) is -0.761. The van der Waals surface area contributed by atoms with Crippen molar-refractivity contribution in [2.24, 2.45) is 0 Å². The summed E-state index contributed by atoms with van der Waals surface area (Å²) in [5.41, 5.74) is -0.823. The molecule has 1 aliphatic carbocycles. The van der Waals surface area contributed by atoms with Crippen molar-refractivity contribution in [3.8, 4) is 0 Å². The average Bonchev–Trinajstić information content (AvgIpc) is 3.20. The van der Waals surface area contributed by atoms with Gasteiger partial charge >= 0.3 is 5.97 Å². The lowest BCUT2D eigenvalue weighted by Gasteiger charge is -2.30. The Labute approximate surface area is 116 Å². The molecule has 1 atom stereocenters. The summed E-state index contributed by atoms with van der Waals surface area (Å²) in [6.07, 6.45) is 4.03. The van der Waals surface area contributed by atoms with Crippen molar-refractivity contribution in [3.63, 3.8) is 0 Å². The highest BCUT2D eigenvalue weighted by atomic mass is 16.5. The fraction of sp³-hybridized carbons (Fsp3) is 0.929. The van der Waals surface area contributed by atoms with Gasteiger partial charge in [0.25, 0.3) is 0 Å². The van der Waals surface area contributed by atoms with Crippen molar-refractivity contribution in [3.05, 3.63) is 0 Å². The Morgan fingerprint density at radius 3 is 2.63 bits per heavy atom. The number of methoxy groups -OCH3 is 1. The van der Waals surface area contributed by atoms with Gasteiger partial charge in [-0.1, -0.05) is 6.92 Å². The van der Waals surface area contributed by atoms with Crippen molar-refractivity contribution >= 4 is 5.97 Å². The monoisotopic (exact) mass is 272 g/mol. The number of carbonyl (C=O) groups is 1.